The third-order valence-electron chi connectivity index (χ3n) is 2.20. The molecule has 4 heteroatoms. The molecule has 2 rings (SSSR count). The Morgan fingerprint density at radius 2 is 1.53 bits per heavy atom. The van der Waals surface area contributed by atoms with E-state index in [0.717, 1.165) is 5.69 Å². The van der Waals surface area contributed by atoms with Crippen LogP contribution in [0, 0.1) is 0 Å². The van der Waals surface area contributed by atoms with E-state index < -0.39 is 0 Å². The van der Waals surface area contributed by atoms with E-state index in [2.05, 4.69) is 5.32 Å². The minimum atomic E-state index is -0.120. The van der Waals surface area contributed by atoms with Crippen LogP contribution >= 0.6 is 0 Å². The summed E-state index contributed by atoms with van der Waals surface area (Å²) in [7, 11) is 0. The number of carbonyl (C=O) groups is 1. The highest BCUT2D eigenvalue weighted by atomic mass is 16.1. The van der Waals surface area contributed by atoms with Crippen LogP contribution < -0.4 is 17.2 Å². The summed E-state index contributed by atoms with van der Waals surface area (Å²) in [5.41, 5.74) is 7.61. The van der Waals surface area contributed by atoms with Crippen molar-refractivity contribution in [2.45, 2.75) is 0 Å². The van der Waals surface area contributed by atoms with Crippen LogP contribution in [0.2, 0.25) is 0 Å². The van der Waals surface area contributed by atoms with Gasteiger partial charge >= 0.3 is 0 Å². The number of nitrogens with one attached hydrogen (secondary N) is 1. The van der Waals surface area contributed by atoms with Gasteiger partial charge in [0.2, 0.25) is 0 Å². The number of amides is 1. The van der Waals surface area contributed by atoms with Gasteiger partial charge in [-0.2, -0.15) is 0 Å². The molecule has 0 aliphatic heterocycles. The maximum absolute atomic E-state index is 11.8. The van der Waals surface area contributed by atoms with E-state index in [4.69, 9.17) is 5.73 Å². The lowest BCUT2D eigenvalue weighted by molar-refractivity contribution is 0.102. The maximum Gasteiger partial charge on any atom is 0.255 e. The minimum Gasteiger partial charge on any atom is -0.399 e. The number of carbonyl (C=O) groups excluding carboxylic acids is 1. The molecule has 0 fully saturated rings. The molecule has 0 heterocycles. The first-order chi connectivity index (χ1) is 7.75. The van der Waals surface area contributed by atoms with Gasteiger partial charge in [-0.1, -0.05) is 18.2 Å². The van der Waals surface area contributed by atoms with Crippen molar-refractivity contribution in [1.82, 2.24) is 6.15 Å². The van der Waals surface area contributed by atoms with Gasteiger partial charge in [0.25, 0.3) is 5.91 Å². The molecule has 1 amide bonds. The third-order valence-corrected chi connectivity index (χ3v) is 2.20. The highest BCUT2D eigenvalue weighted by molar-refractivity contribution is 6.04. The summed E-state index contributed by atoms with van der Waals surface area (Å²) < 4.78 is 0. The first-order valence-corrected chi connectivity index (χ1v) is 4.97. The van der Waals surface area contributed by atoms with Crippen molar-refractivity contribution in [1.29, 1.82) is 0 Å². The van der Waals surface area contributed by atoms with Crippen LogP contribution in [0.1, 0.15) is 10.4 Å². The van der Waals surface area contributed by atoms with Gasteiger partial charge in [0.15, 0.2) is 0 Å². The molecule has 17 heavy (non-hydrogen) atoms. The van der Waals surface area contributed by atoms with Crippen molar-refractivity contribution >= 4 is 17.3 Å². The number of hydrogen-bond donors (Lipinski definition) is 3. The number of nitrogen functional groups attached to an aromatic ring is 1. The van der Waals surface area contributed by atoms with Crippen LogP contribution in [0.4, 0.5) is 11.4 Å². The first-order valence-electron chi connectivity index (χ1n) is 4.97. The third kappa shape index (κ3) is 3.32. The van der Waals surface area contributed by atoms with Gasteiger partial charge in [-0.05, 0) is 36.4 Å². The van der Waals surface area contributed by atoms with Crippen LogP contribution in [0.5, 0.6) is 0 Å². The minimum absolute atomic E-state index is 0. The molecule has 2 aromatic carbocycles. The van der Waals surface area contributed by atoms with Crippen molar-refractivity contribution in [2.24, 2.45) is 0 Å². The van der Waals surface area contributed by atoms with E-state index in [0.29, 0.717) is 11.3 Å². The van der Waals surface area contributed by atoms with Crippen molar-refractivity contribution in [2.75, 3.05) is 11.1 Å². The molecule has 88 valence electrons. The second-order valence-corrected chi connectivity index (χ2v) is 3.44. The number of rotatable bonds is 2. The molecule has 0 aliphatic rings. The SMILES string of the molecule is N.Nc1ccc(NC(=O)c2ccccc2)cc1. The normalized spacial score (nSPS) is 9.18. The fourth-order valence-electron chi connectivity index (χ4n) is 1.36. The zero-order chi connectivity index (χ0) is 11.4. The van der Waals surface area contributed by atoms with Gasteiger partial charge in [0.05, 0.1) is 0 Å². The molecule has 2 aromatic rings. The van der Waals surface area contributed by atoms with Crippen molar-refractivity contribution in [3.63, 3.8) is 0 Å². The summed E-state index contributed by atoms with van der Waals surface area (Å²) in [6.07, 6.45) is 0. The zero-order valence-corrected chi connectivity index (χ0v) is 9.39. The standard InChI is InChI=1S/C13H12N2O.H3N/c14-11-6-8-12(9-7-11)15-13(16)10-4-2-1-3-5-10;/h1-9H,14H2,(H,15,16);1H3. The molecule has 0 aromatic heterocycles. The predicted octanol–water partition coefficient (Wildman–Crippen LogP) is 2.68. The Morgan fingerprint density at radius 1 is 0.941 bits per heavy atom. The monoisotopic (exact) mass is 229 g/mol. The summed E-state index contributed by atoms with van der Waals surface area (Å²) in [6, 6.07) is 16.1. The molecular formula is C13H15N3O. The second kappa shape index (κ2) is 5.67. The van der Waals surface area contributed by atoms with E-state index >= 15 is 0 Å². The molecule has 0 aliphatic carbocycles. The van der Waals surface area contributed by atoms with Gasteiger partial charge in [-0.25, -0.2) is 0 Å². The van der Waals surface area contributed by atoms with Crippen molar-refractivity contribution in [3.8, 4) is 0 Å². The molecule has 0 radical (unpaired) electrons. The van der Waals surface area contributed by atoms with Crippen molar-refractivity contribution < 1.29 is 4.79 Å². The molecular weight excluding hydrogens is 214 g/mol. The lowest BCUT2D eigenvalue weighted by atomic mass is 10.2. The Labute approximate surface area is 100 Å². The Kier molecular flexibility index (Phi) is 4.25. The van der Waals surface area contributed by atoms with Crippen LogP contribution in [-0.4, -0.2) is 5.91 Å². The lowest BCUT2D eigenvalue weighted by Gasteiger charge is -2.05. The topological polar surface area (TPSA) is 90.1 Å². The van der Waals surface area contributed by atoms with Gasteiger partial charge < -0.3 is 17.2 Å². The zero-order valence-electron chi connectivity index (χ0n) is 9.39. The number of hydrogen-bond acceptors (Lipinski definition) is 3. The highest BCUT2D eigenvalue weighted by Crippen LogP contribution is 2.11. The molecule has 4 nitrogen and oxygen atoms in total. The first kappa shape index (κ1) is 12.7. The van der Waals surface area contributed by atoms with Crippen LogP contribution in [-0.2, 0) is 0 Å². The van der Waals surface area contributed by atoms with E-state index in [9.17, 15) is 4.79 Å². The van der Waals surface area contributed by atoms with Gasteiger partial charge in [0, 0.05) is 16.9 Å². The van der Waals surface area contributed by atoms with Gasteiger partial charge in [-0.3, -0.25) is 4.79 Å². The van der Waals surface area contributed by atoms with E-state index in [1.165, 1.54) is 0 Å². The molecule has 0 saturated heterocycles. The Hall–Kier alpha value is -2.33. The lowest BCUT2D eigenvalue weighted by Crippen LogP contribution is -2.11. The fraction of sp³-hybridized carbons (Fsp3) is 0. The molecule has 0 unspecified atom stereocenters. The molecule has 0 saturated carbocycles. The largest absolute Gasteiger partial charge is 0.399 e. The van der Waals surface area contributed by atoms with Crippen molar-refractivity contribution in [3.05, 3.63) is 60.2 Å². The summed E-state index contributed by atoms with van der Waals surface area (Å²) in [4.78, 5) is 11.8. The average molecular weight is 229 g/mol. The Morgan fingerprint density at radius 3 is 2.12 bits per heavy atom. The van der Waals surface area contributed by atoms with Crippen LogP contribution in [0.3, 0.4) is 0 Å². The van der Waals surface area contributed by atoms with E-state index in [1.807, 2.05) is 18.2 Å². The van der Waals surface area contributed by atoms with Gasteiger partial charge in [-0.15, -0.1) is 0 Å². The summed E-state index contributed by atoms with van der Waals surface area (Å²) in [5.74, 6) is -0.120. The summed E-state index contributed by atoms with van der Waals surface area (Å²) >= 11 is 0. The van der Waals surface area contributed by atoms with Crippen LogP contribution in [0.25, 0.3) is 0 Å². The van der Waals surface area contributed by atoms with E-state index in [-0.39, 0.29) is 12.1 Å². The molecule has 0 atom stereocenters. The second-order valence-electron chi connectivity index (χ2n) is 3.44. The molecule has 0 spiro atoms. The average Bonchev–Trinajstić information content (AvgIpc) is 2.33. The fourth-order valence-corrected chi connectivity index (χ4v) is 1.36. The van der Waals surface area contributed by atoms with Gasteiger partial charge in [0.1, 0.15) is 0 Å². The number of nitrogens with two attached hydrogens (primary N) is 1. The summed E-state index contributed by atoms with van der Waals surface area (Å²) in [5, 5.41) is 2.79. The summed E-state index contributed by atoms with van der Waals surface area (Å²) in [6.45, 7) is 0. The smallest absolute Gasteiger partial charge is 0.255 e. The molecule has 0 bridgehead atoms. The maximum atomic E-state index is 11.8. The van der Waals surface area contributed by atoms with Crippen LogP contribution in [0.15, 0.2) is 54.6 Å². The Balaban J connectivity index is 0.00000144. The Bertz CT molecular complexity index is 480. The quantitative estimate of drug-likeness (QED) is 0.691. The number of benzene rings is 2. The predicted molar refractivity (Wildman–Crippen MR) is 70.3 cm³/mol. The number of anilines is 2. The van der Waals surface area contributed by atoms with E-state index in [1.54, 1.807) is 36.4 Å². The molecule has 6 N–H and O–H groups in total. The highest BCUT2D eigenvalue weighted by Gasteiger charge is 2.03.